The summed E-state index contributed by atoms with van der Waals surface area (Å²) in [7, 11) is 1.62. The van der Waals surface area contributed by atoms with Crippen molar-refractivity contribution in [2.45, 2.75) is 13.0 Å². The smallest absolute Gasteiger partial charge is 0.137 e. The van der Waals surface area contributed by atoms with Crippen LogP contribution in [0.4, 0.5) is 0 Å². The zero-order chi connectivity index (χ0) is 13.0. The predicted molar refractivity (Wildman–Crippen MR) is 71.1 cm³/mol. The van der Waals surface area contributed by atoms with Crippen LogP contribution in [0.2, 0.25) is 0 Å². The first-order valence-electron chi connectivity index (χ1n) is 5.76. The number of nitrogens with one attached hydrogen (secondary N) is 1. The van der Waals surface area contributed by atoms with Crippen LogP contribution in [0, 0.1) is 6.92 Å². The van der Waals surface area contributed by atoms with Gasteiger partial charge in [-0.15, -0.1) is 0 Å². The molecule has 2 rings (SSSR count). The van der Waals surface area contributed by atoms with E-state index in [1.165, 1.54) is 5.56 Å². The van der Waals surface area contributed by atoms with Crippen LogP contribution >= 0.6 is 0 Å². The SMILES string of the molecule is COc1cncc(C(NN)c2cccc(C)c2)c1. The minimum absolute atomic E-state index is 0.0903. The fourth-order valence-electron chi connectivity index (χ4n) is 1.94. The lowest BCUT2D eigenvalue weighted by atomic mass is 9.99. The number of aryl methyl sites for hydroxylation is 1. The maximum Gasteiger partial charge on any atom is 0.137 e. The van der Waals surface area contributed by atoms with Crippen molar-refractivity contribution in [3.8, 4) is 5.75 Å². The first-order valence-corrected chi connectivity index (χ1v) is 5.76. The highest BCUT2D eigenvalue weighted by atomic mass is 16.5. The molecule has 18 heavy (non-hydrogen) atoms. The maximum atomic E-state index is 5.66. The molecule has 0 spiro atoms. The standard InChI is InChI=1S/C14H17N3O/c1-10-4-3-5-11(6-10)14(17-15)12-7-13(18-2)9-16-8-12/h3-9,14,17H,15H2,1-2H3. The highest BCUT2D eigenvalue weighted by molar-refractivity contribution is 5.35. The van der Waals surface area contributed by atoms with E-state index in [2.05, 4.69) is 29.5 Å². The number of nitrogens with zero attached hydrogens (tertiary/aromatic N) is 1. The van der Waals surface area contributed by atoms with Crippen LogP contribution in [-0.4, -0.2) is 12.1 Å². The number of benzene rings is 1. The fraction of sp³-hybridized carbons (Fsp3) is 0.214. The van der Waals surface area contributed by atoms with E-state index >= 15 is 0 Å². The third-order valence-corrected chi connectivity index (χ3v) is 2.85. The monoisotopic (exact) mass is 243 g/mol. The number of hydrazine groups is 1. The summed E-state index contributed by atoms with van der Waals surface area (Å²) < 4.78 is 5.18. The van der Waals surface area contributed by atoms with Gasteiger partial charge in [-0.3, -0.25) is 10.8 Å². The molecule has 0 aliphatic heterocycles. The van der Waals surface area contributed by atoms with E-state index in [1.54, 1.807) is 19.5 Å². The Morgan fingerprint density at radius 1 is 1.22 bits per heavy atom. The van der Waals surface area contributed by atoms with Gasteiger partial charge in [-0.05, 0) is 24.1 Å². The topological polar surface area (TPSA) is 60.2 Å². The van der Waals surface area contributed by atoms with Crippen molar-refractivity contribution in [1.82, 2.24) is 10.4 Å². The Kier molecular flexibility index (Phi) is 3.92. The molecule has 0 aliphatic rings. The van der Waals surface area contributed by atoms with Crippen LogP contribution in [0.5, 0.6) is 5.75 Å². The Balaban J connectivity index is 2.38. The Morgan fingerprint density at radius 2 is 2.06 bits per heavy atom. The van der Waals surface area contributed by atoms with E-state index in [0.717, 1.165) is 16.9 Å². The van der Waals surface area contributed by atoms with E-state index in [1.807, 2.05) is 18.2 Å². The quantitative estimate of drug-likeness (QED) is 0.636. The van der Waals surface area contributed by atoms with Gasteiger partial charge in [0.05, 0.1) is 19.3 Å². The molecular weight excluding hydrogens is 226 g/mol. The molecule has 0 radical (unpaired) electrons. The molecule has 4 heteroatoms. The second-order valence-electron chi connectivity index (χ2n) is 4.17. The molecule has 1 aromatic heterocycles. The van der Waals surface area contributed by atoms with Gasteiger partial charge in [0, 0.05) is 6.20 Å². The van der Waals surface area contributed by atoms with Crippen LogP contribution in [0.15, 0.2) is 42.7 Å². The number of hydrogen-bond acceptors (Lipinski definition) is 4. The molecule has 2 aromatic rings. The molecule has 3 N–H and O–H groups in total. The molecule has 1 aromatic carbocycles. The zero-order valence-electron chi connectivity index (χ0n) is 10.6. The van der Waals surface area contributed by atoms with Gasteiger partial charge in [0.2, 0.25) is 0 Å². The van der Waals surface area contributed by atoms with Crippen LogP contribution < -0.4 is 16.0 Å². The Bertz CT molecular complexity index is 528. The van der Waals surface area contributed by atoms with Gasteiger partial charge in [-0.1, -0.05) is 29.8 Å². The van der Waals surface area contributed by atoms with Crippen molar-refractivity contribution < 1.29 is 4.74 Å². The molecule has 0 saturated heterocycles. The summed E-state index contributed by atoms with van der Waals surface area (Å²) in [6.45, 7) is 2.06. The number of aromatic nitrogens is 1. The second kappa shape index (κ2) is 5.62. The fourth-order valence-corrected chi connectivity index (χ4v) is 1.94. The molecule has 1 heterocycles. The van der Waals surface area contributed by atoms with Crippen LogP contribution in [-0.2, 0) is 0 Å². The number of methoxy groups -OCH3 is 1. The van der Waals surface area contributed by atoms with Crippen molar-refractivity contribution in [1.29, 1.82) is 0 Å². The first-order chi connectivity index (χ1) is 8.74. The summed E-state index contributed by atoms with van der Waals surface area (Å²) in [5.41, 5.74) is 6.09. The molecule has 0 saturated carbocycles. The average Bonchev–Trinajstić information content (AvgIpc) is 2.40. The lowest BCUT2D eigenvalue weighted by Gasteiger charge is -2.17. The summed E-state index contributed by atoms with van der Waals surface area (Å²) in [5, 5.41) is 0. The van der Waals surface area contributed by atoms with Crippen molar-refractivity contribution in [3.05, 3.63) is 59.4 Å². The Hall–Kier alpha value is -1.91. The first kappa shape index (κ1) is 12.5. The minimum Gasteiger partial charge on any atom is -0.495 e. The number of nitrogens with two attached hydrogens (primary N) is 1. The highest BCUT2D eigenvalue weighted by Gasteiger charge is 2.13. The van der Waals surface area contributed by atoms with Gasteiger partial charge in [0.25, 0.3) is 0 Å². The van der Waals surface area contributed by atoms with Gasteiger partial charge in [0.15, 0.2) is 0 Å². The summed E-state index contributed by atoms with van der Waals surface area (Å²) in [5.74, 6) is 6.38. The lowest BCUT2D eigenvalue weighted by molar-refractivity contribution is 0.411. The highest BCUT2D eigenvalue weighted by Crippen LogP contribution is 2.24. The number of rotatable bonds is 4. The number of hydrogen-bond donors (Lipinski definition) is 2. The summed E-state index contributed by atoms with van der Waals surface area (Å²) in [6, 6.07) is 10.1. The molecule has 4 nitrogen and oxygen atoms in total. The minimum atomic E-state index is -0.0903. The zero-order valence-corrected chi connectivity index (χ0v) is 10.6. The number of pyridine rings is 1. The third kappa shape index (κ3) is 2.67. The summed E-state index contributed by atoms with van der Waals surface area (Å²) >= 11 is 0. The van der Waals surface area contributed by atoms with Crippen LogP contribution in [0.3, 0.4) is 0 Å². The predicted octanol–water partition coefficient (Wildman–Crippen LogP) is 1.95. The molecule has 0 bridgehead atoms. The third-order valence-electron chi connectivity index (χ3n) is 2.85. The van der Waals surface area contributed by atoms with E-state index in [4.69, 9.17) is 10.6 Å². The summed E-state index contributed by atoms with van der Waals surface area (Å²) in [4.78, 5) is 4.15. The molecule has 0 aliphatic carbocycles. The van der Waals surface area contributed by atoms with E-state index in [9.17, 15) is 0 Å². The maximum absolute atomic E-state index is 5.66. The van der Waals surface area contributed by atoms with Crippen molar-refractivity contribution in [2.24, 2.45) is 5.84 Å². The van der Waals surface area contributed by atoms with E-state index < -0.39 is 0 Å². The van der Waals surface area contributed by atoms with Gasteiger partial charge >= 0.3 is 0 Å². The van der Waals surface area contributed by atoms with Gasteiger partial charge < -0.3 is 4.74 Å². The second-order valence-corrected chi connectivity index (χ2v) is 4.17. The van der Waals surface area contributed by atoms with Crippen LogP contribution in [0.1, 0.15) is 22.7 Å². The normalized spacial score (nSPS) is 12.2. The van der Waals surface area contributed by atoms with Crippen LogP contribution in [0.25, 0.3) is 0 Å². The molecule has 0 amide bonds. The summed E-state index contributed by atoms with van der Waals surface area (Å²) in [6.07, 6.45) is 3.46. The van der Waals surface area contributed by atoms with Crippen molar-refractivity contribution in [2.75, 3.05) is 7.11 Å². The largest absolute Gasteiger partial charge is 0.495 e. The number of ether oxygens (including phenoxy) is 1. The Labute approximate surface area is 107 Å². The van der Waals surface area contributed by atoms with Crippen molar-refractivity contribution >= 4 is 0 Å². The Morgan fingerprint density at radius 3 is 2.72 bits per heavy atom. The molecular formula is C14H17N3O. The van der Waals surface area contributed by atoms with Gasteiger partial charge in [0.1, 0.15) is 5.75 Å². The molecule has 94 valence electrons. The van der Waals surface area contributed by atoms with Crippen molar-refractivity contribution in [3.63, 3.8) is 0 Å². The average molecular weight is 243 g/mol. The molecule has 1 atom stereocenters. The lowest BCUT2D eigenvalue weighted by Crippen LogP contribution is -2.29. The van der Waals surface area contributed by atoms with E-state index in [-0.39, 0.29) is 6.04 Å². The molecule has 0 fully saturated rings. The van der Waals surface area contributed by atoms with Gasteiger partial charge in [-0.2, -0.15) is 0 Å². The van der Waals surface area contributed by atoms with Gasteiger partial charge in [-0.25, -0.2) is 5.43 Å². The van der Waals surface area contributed by atoms with E-state index in [0.29, 0.717) is 0 Å². The molecule has 1 unspecified atom stereocenters.